The minimum atomic E-state index is -0.905. The Kier molecular flexibility index (Phi) is 6.61. The molecule has 4 rings (SSSR count). The van der Waals surface area contributed by atoms with Crippen LogP contribution in [0.25, 0.3) is 0 Å². The number of benzene rings is 3. The van der Waals surface area contributed by atoms with Crippen LogP contribution in [0.2, 0.25) is 0 Å². The molecule has 8 heteroatoms. The van der Waals surface area contributed by atoms with Crippen molar-refractivity contribution in [2.75, 3.05) is 26.6 Å². The molecule has 34 heavy (non-hydrogen) atoms. The lowest BCUT2D eigenvalue weighted by Gasteiger charge is -2.40. The summed E-state index contributed by atoms with van der Waals surface area (Å²) in [6.45, 7) is 1.88. The number of nitrogens with one attached hydrogen (secondary N) is 1. The van der Waals surface area contributed by atoms with Crippen molar-refractivity contribution in [2.24, 2.45) is 0 Å². The number of rotatable bonds is 5. The summed E-state index contributed by atoms with van der Waals surface area (Å²) in [7, 11) is 4.53. The molecule has 1 heterocycles. The molecule has 176 valence electrons. The third-order valence-electron chi connectivity index (χ3n) is 6.13. The van der Waals surface area contributed by atoms with Gasteiger partial charge in [-0.3, -0.25) is 9.59 Å². The summed E-state index contributed by atoms with van der Waals surface area (Å²) in [5.74, 6) is -1.36. The lowest BCUT2D eigenvalue weighted by Crippen LogP contribution is -2.44. The number of anilines is 1. The molecule has 1 aliphatic rings. The van der Waals surface area contributed by atoms with Gasteiger partial charge in [-0.1, -0.05) is 34.1 Å². The van der Waals surface area contributed by atoms with Crippen LogP contribution in [0, 0.1) is 12.7 Å². The van der Waals surface area contributed by atoms with Crippen molar-refractivity contribution in [1.82, 2.24) is 4.90 Å². The maximum Gasteiger partial charge on any atom is 0.254 e. The van der Waals surface area contributed by atoms with E-state index in [1.54, 1.807) is 43.4 Å². The molecule has 1 N–H and O–H groups in total. The van der Waals surface area contributed by atoms with Crippen LogP contribution in [0.4, 0.5) is 10.1 Å². The largest absolute Gasteiger partial charge is 0.493 e. The zero-order chi connectivity index (χ0) is 24.6. The van der Waals surface area contributed by atoms with Crippen LogP contribution in [-0.2, 0) is 4.79 Å². The Balaban J connectivity index is 1.91. The number of nitrogens with zero attached hydrogens (tertiary/aromatic N) is 1. The number of carbonyl (C=O) groups excluding carboxylic acids is 2. The SMILES string of the molecule is COc1cc2c(cc1OC)[C@@H](C(=O)Nc1ccc(Br)cc1C)[C@@H](c1ccccc1F)N(C)C2=O. The van der Waals surface area contributed by atoms with Gasteiger partial charge in [-0.2, -0.15) is 0 Å². The maximum absolute atomic E-state index is 15.0. The number of methoxy groups -OCH3 is 2. The lowest BCUT2D eigenvalue weighted by atomic mass is 9.79. The van der Waals surface area contributed by atoms with Gasteiger partial charge in [0.25, 0.3) is 5.91 Å². The van der Waals surface area contributed by atoms with E-state index in [-0.39, 0.29) is 17.4 Å². The first-order valence-corrected chi connectivity index (χ1v) is 11.4. The first-order valence-electron chi connectivity index (χ1n) is 10.6. The molecule has 0 spiro atoms. The predicted molar refractivity (Wildman–Crippen MR) is 131 cm³/mol. The zero-order valence-corrected chi connectivity index (χ0v) is 20.8. The van der Waals surface area contributed by atoms with Crippen molar-refractivity contribution >= 4 is 33.4 Å². The lowest BCUT2D eigenvalue weighted by molar-refractivity contribution is -0.119. The Morgan fingerprint density at radius 1 is 1.03 bits per heavy atom. The van der Waals surface area contributed by atoms with Crippen LogP contribution >= 0.6 is 15.9 Å². The number of ether oxygens (including phenoxy) is 2. The van der Waals surface area contributed by atoms with Gasteiger partial charge in [0, 0.05) is 28.3 Å². The molecule has 3 aromatic carbocycles. The van der Waals surface area contributed by atoms with Gasteiger partial charge >= 0.3 is 0 Å². The van der Waals surface area contributed by atoms with Crippen molar-refractivity contribution in [1.29, 1.82) is 0 Å². The Hall–Kier alpha value is -3.39. The second-order valence-electron chi connectivity index (χ2n) is 8.10. The van der Waals surface area contributed by atoms with Crippen molar-refractivity contribution in [3.05, 3.63) is 87.1 Å². The van der Waals surface area contributed by atoms with Crippen LogP contribution in [0.15, 0.2) is 59.1 Å². The molecule has 0 aromatic heterocycles. The number of hydrogen-bond acceptors (Lipinski definition) is 4. The number of amides is 2. The fourth-order valence-electron chi connectivity index (χ4n) is 4.41. The second-order valence-corrected chi connectivity index (χ2v) is 9.02. The number of carbonyl (C=O) groups is 2. The van der Waals surface area contributed by atoms with Crippen LogP contribution in [0.1, 0.15) is 39.0 Å². The van der Waals surface area contributed by atoms with Gasteiger partial charge in [0.15, 0.2) is 11.5 Å². The van der Waals surface area contributed by atoms with Crippen LogP contribution in [-0.4, -0.2) is 38.0 Å². The number of fused-ring (bicyclic) bond motifs is 1. The molecule has 0 radical (unpaired) electrons. The van der Waals surface area contributed by atoms with E-state index in [0.29, 0.717) is 28.3 Å². The van der Waals surface area contributed by atoms with Crippen LogP contribution < -0.4 is 14.8 Å². The Bertz CT molecular complexity index is 1280. The smallest absolute Gasteiger partial charge is 0.254 e. The van der Waals surface area contributed by atoms with Gasteiger partial charge in [0.2, 0.25) is 5.91 Å². The van der Waals surface area contributed by atoms with Gasteiger partial charge in [0.05, 0.1) is 26.2 Å². The Morgan fingerprint density at radius 3 is 2.35 bits per heavy atom. The van der Waals surface area contributed by atoms with Crippen molar-refractivity contribution < 1.29 is 23.5 Å². The van der Waals surface area contributed by atoms with Gasteiger partial charge in [-0.15, -0.1) is 0 Å². The fraction of sp³-hybridized carbons (Fsp3) is 0.231. The summed E-state index contributed by atoms with van der Waals surface area (Å²) in [5, 5.41) is 2.98. The molecule has 3 aromatic rings. The molecule has 2 amide bonds. The van der Waals surface area contributed by atoms with Gasteiger partial charge in [-0.25, -0.2) is 4.39 Å². The Labute approximate surface area is 205 Å². The highest BCUT2D eigenvalue weighted by Crippen LogP contribution is 2.46. The van der Waals surface area contributed by atoms with E-state index in [0.717, 1.165) is 10.0 Å². The summed E-state index contributed by atoms with van der Waals surface area (Å²) in [4.78, 5) is 28.6. The number of hydrogen-bond donors (Lipinski definition) is 1. The quantitative estimate of drug-likeness (QED) is 0.479. The van der Waals surface area contributed by atoms with Gasteiger partial charge < -0.3 is 19.7 Å². The van der Waals surface area contributed by atoms with E-state index < -0.39 is 17.8 Å². The maximum atomic E-state index is 15.0. The van der Waals surface area contributed by atoms with E-state index in [9.17, 15) is 14.0 Å². The highest BCUT2D eigenvalue weighted by atomic mass is 79.9. The Morgan fingerprint density at radius 2 is 1.71 bits per heavy atom. The third-order valence-corrected chi connectivity index (χ3v) is 6.62. The standard InChI is InChI=1S/C26H24BrFN2O4/c1-14-11-15(27)9-10-20(14)29-25(31)23-17-12-21(33-3)22(34-4)13-18(17)26(32)30(2)24(23)16-7-5-6-8-19(16)28/h5-13,23-24H,1-4H3,(H,29,31)/t23-,24-/m1/s1. The summed E-state index contributed by atoms with van der Waals surface area (Å²) in [6.07, 6.45) is 0. The predicted octanol–water partition coefficient (Wildman–Crippen LogP) is 5.46. The second kappa shape index (κ2) is 9.46. The summed E-state index contributed by atoms with van der Waals surface area (Å²) in [6, 6.07) is 14.0. The zero-order valence-electron chi connectivity index (χ0n) is 19.2. The summed E-state index contributed by atoms with van der Waals surface area (Å²) >= 11 is 3.43. The van der Waals surface area contributed by atoms with Gasteiger partial charge in [0.1, 0.15) is 5.82 Å². The summed E-state index contributed by atoms with van der Waals surface area (Å²) < 4.78 is 26.7. The molecule has 2 atom stereocenters. The molecule has 1 aliphatic heterocycles. The van der Waals surface area contributed by atoms with E-state index in [1.807, 2.05) is 19.1 Å². The van der Waals surface area contributed by atoms with E-state index in [4.69, 9.17) is 9.47 Å². The minimum absolute atomic E-state index is 0.256. The minimum Gasteiger partial charge on any atom is -0.493 e. The molecule has 6 nitrogen and oxygen atoms in total. The molecule has 0 saturated heterocycles. The average Bonchev–Trinajstić information content (AvgIpc) is 2.82. The van der Waals surface area contributed by atoms with Crippen LogP contribution in [0.5, 0.6) is 11.5 Å². The van der Waals surface area contributed by atoms with E-state index in [1.165, 1.54) is 25.2 Å². The third kappa shape index (κ3) is 4.14. The molecule has 0 unspecified atom stereocenters. The molecule has 0 aliphatic carbocycles. The van der Waals surface area contributed by atoms with Crippen molar-refractivity contribution in [3.8, 4) is 11.5 Å². The first-order chi connectivity index (χ1) is 16.3. The molecule has 0 fully saturated rings. The molecule has 0 saturated carbocycles. The summed E-state index contributed by atoms with van der Waals surface area (Å²) in [5.41, 5.74) is 2.49. The first kappa shape index (κ1) is 23.8. The normalized spacial score (nSPS) is 17.2. The molecular formula is C26H24BrFN2O4. The fourth-order valence-corrected chi connectivity index (χ4v) is 4.89. The number of likely N-dealkylation sites (N-methyl/N-ethyl adjacent to an activating group) is 1. The highest BCUT2D eigenvalue weighted by Gasteiger charge is 2.44. The van der Waals surface area contributed by atoms with E-state index >= 15 is 0 Å². The van der Waals surface area contributed by atoms with Crippen molar-refractivity contribution in [3.63, 3.8) is 0 Å². The van der Waals surface area contributed by atoms with Crippen LogP contribution in [0.3, 0.4) is 0 Å². The average molecular weight is 527 g/mol. The highest BCUT2D eigenvalue weighted by molar-refractivity contribution is 9.10. The molecular weight excluding hydrogens is 503 g/mol. The number of halogens is 2. The monoisotopic (exact) mass is 526 g/mol. The molecule has 0 bridgehead atoms. The number of aryl methyl sites for hydroxylation is 1. The topological polar surface area (TPSA) is 67.9 Å². The van der Waals surface area contributed by atoms with Gasteiger partial charge in [-0.05, 0) is 54.4 Å². The van der Waals surface area contributed by atoms with Crippen molar-refractivity contribution in [2.45, 2.75) is 18.9 Å². The van der Waals surface area contributed by atoms with E-state index in [2.05, 4.69) is 21.2 Å².